The lowest BCUT2D eigenvalue weighted by Crippen LogP contribution is -2.02. The number of anilines is 1. The smallest absolute Gasteiger partial charge is 0.125 e. The number of hydrogen-bond acceptors (Lipinski definition) is 2. The van der Waals surface area contributed by atoms with Gasteiger partial charge in [-0.05, 0) is 36.4 Å². The summed E-state index contributed by atoms with van der Waals surface area (Å²) in [4.78, 5) is 0. The highest BCUT2D eigenvalue weighted by Crippen LogP contribution is 2.24. The predicted molar refractivity (Wildman–Crippen MR) is 74.4 cm³/mol. The summed E-state index contributed by atoms with van der Waals surface area (Å²) >= 11 is 3.42. The summed E-state index contributed by atoms with van der Waals surface area (Å²) in [7, 11) is 1.63. The van der Waals surface area contributed by atoms with Gasteiger partial charge in [-0.25, -0.2) is 4.39 Å². The van der Waals surface area contributed by atoms with Gasteiger partial charge in [-0.2, -0.15) is 0 Å². The van der Waals surface area contributed by atoms with Gasteiger partial charge in [-0.1, -0.05) is 22.0 Å². The minimum atomic E-state index is -0.249. The molecular formula is C14H13BrFNO. The van der Waals surface area contributed by atoms with Crippen molar-refractivity contribution in [1.82, 2.24) is 0 Å². The first-order valence-corrected chi connectivity index (χ1v) is 6.30. The standard InChI is InChI=1S/C14H13BrFNO/c1-18-14-6-5-11(15)7-10(14)9-17-13-4-2-3-12(16)8-13/h2-8,17H,9H2,1H3. The second kappa shape index (κ2) is 5.87. The average Bonchev–Trinajstić information content (AvgIpc) is 2.37. The highest BCUT2D eigenvalue weighted by atomic mass is 79.9. The van der Waals surface area contributed by atoms with E-state index in [0.717, 1.165) is 21.5 Å². The van der Waals surface area contributed by atoms with Crippen LogP contribution < -0.4 is 10.1 Å². The van der Waals surface area contributed by atoms with Gasteiger partial charge in [0.1, 0.15) is 11.6 Å². The Hall–Kier alpha value is -1.55. The SMILES string of the molecule is COc1ccc(Br)cc1CNc1cccc(F)c1. The molecule has 0 unspecified atom stereocenters. The molecule has 4 heteroatoms. The summed E-state index contributed by atoms with van der Waals surface area (Å²) in [5.74, 6) is 0.559. The maximum absolute atomic E-state index is 13.0. The van der Waals surface area contributed by atoms with E-state index in [2.05, 4.69) is 21.2 Å². The minimum Gasteiger partial charge on any atom is -0.496 e. The van der Waals surface area contributed by atoms with Crippen LogP contribution in [0.15, 0.2) is 46.9 Å². The number of nitrogens with one attached hydrogen (secondary N) is 1. The van der Waals surface area contributed by atoms with Crippen LogP contribution in [0.2, 0.25) is 0 Å². The van der Waals surface area contributed by atoms with Crippen LogP contribution in [-0.2, 0) is 6.54 Å². The minimum absolute atomic E-state index is 0.249. The molecule has 0 heterocycles. The van der Waals surface area contributed by atoms with Crippen molar-refractivity contribution in [2.24, 2.45) is 0 Å². The summed E-state index contributed by atoms with van der Waals surface area (Å²) in [6.45, 7) is 0.575. The first-order chi connectivity index (χ1) is 8.69. The first kappa shape index (κ1) is 12.9. The van der Waals surface area contributed by atoms with Crippen LogP contribution in [0, 0.1) is 5.82 Å². The van der Waals surface area contributed by atoms with Gasteiger partial charge in [0.15, 0.2) is 0 Å². The van der Waals surface area contributed by atoms with Crippen LogP contribution in [0.1, 0.15) is 5.56 Å². The molecule has 0 aliphatic carbocycles. The Morgan fingerprint density at radius 2 is 2.06 bits per heavy atom. The van der Waals surface area contributed by atoms with E-state index in [1.54, 1.807) is 13.2 Å². The number of benzene rings is 2. The molecule has 0 radical (unpaired) electrons. The fourth-order valence-corrected chi connectivity index (χ4v) is 2.09. The Kier molecular flexibility index (Phi) is 4.20. The van der Waals surface area contributed by atoms with Gasteiger partial charge in [0.2, 0.25) is 0 Å². The van der Waals surface area contributed by atoms with Crippen LogP contribution in [-0.4, -0.2) is 7.11 Å². The molecule has 0 saturated heterocycles. The lowest BCUT2D eigenvalue weighted by molar-refractivity contribution is 0.410. The van der Waals surface area contributed by atoms with Crippen molar-refractivity contribution < 1.29 is 9.13 Å². The highest BCUT2D eigenvalue weighted by molar-refractivity contribution is 9.10. The fourth-order valence-electron chi connectivity index (χ4n) is 1.68. The normalized spacial score (nSPS) is 10.2. The van der Waals surface area contributed by atoms with Crippen molar-refractivity contribution in [2.75, 3.05) is 12.4 Å². The van der Waals surface area contributed by atoms with Crippen LogP contribution in [0.25, 0.3) is 0 Å². The van der Waals surface area contributed by atoms with Crippen molar-refractivity contribution in [2.45, 2.75) is 6.54 Å². The molecule has 0 fully saturated rings. The molecule has 0 saturated carbocycles. The molecule has 2 aromatic rings. The summed E-state index contributed by atoms with van der Waals surface area (Å²) in [6, 6.07) is 12.2. The second-order valence-electron chi connectivity index (χ2n) is 3.82. The van der Waals surface area contributed by atoms with Crippen molar-refractivity contribution in [3.8, 4) is 5.75 Å². The molecule has 2 rings (SSSR count). The predicted octanol–water partition coefficient (Wildman–Crippen LogP) is 4.21. The number of methoxy groups -OCH3 is 1. The van der Waals surface area contributed by atoms with E-state index in [4.69, 9.17) is 4.74 Å². The maximum atomic E-state index is 13.0. The lowest BCUT2D eigenvalue weighted by Gasteiger charge is -2.11. The number of hydrogen-bond donors (Lipinski definition) is 1. The maximum Gasteiger partial charge on any atom is 0.125 e. The van der Waals surface area contributed by atoms with Gasteiger partial charge in [-0.3, -0.25) is 0 Å². The quantitative estimate of drug-likeness (QED) is 0.913. The monoisotopic (exact) mass is 309 g/mol. The van der Waals surface area contributed by atoms with Crippen molar-refractivity contribution in [3.05, 3.63) is 58.3 Å². The Balaban J connectivity index is 2.12. The van der Waals surface area contributed by atoms with E-state index in [-0.39, 0.29) is 5.82 Å². The lowest BCUT2D eigenvalue weighted by atomic mass is 10.2. The molecular weight excluding hydrogens is 297 g/mol. The molecule has 0 spiro atoms. The van der Waals surface area contributed by atoms with Crippen LogP contribution in [0.4, 0.5) is 10.1 Å². The van der Waals surface area contributed by atoms with Gasteiger partial charge in [-0.15, -0.1) is 0 Å². The molecule has 0 aliphatic rings. The molecule has 0 amide bonds. The van der Waals surface area contributed by atoms with E-state index in [1.807, 2.05) is 24.3 Å². The first-order valence-electron chi connectivity index (χ1n) is 5.51. The Labute approximate surface area is 114 Å². The summed E-state index contributed by atoms with van der Waals surface area (Å²) < 4.78 is 19.3. The molecule has 2 nitrogen and oxygen atoms in total. The third-order valence-corrected chi connectivity index (χ3v) is 3.04. The van der Waals surface area contributed by atoms with Gasteiger partial charge in [0.25, 0.3) is 0 Å². The summed E-state index contributed by atoms with van der Waals surface area (Å²) in [6.07, 6.45) is 0. The average molecular weight is 310 g/mol. The topological polar surface area (TPSA) is 21.3 Å². The number of rotatable bonds is 4. The van der Waals surface area contributed by atoms with Gasteiger partial charge in [0.05, 0.1) is 7.11 Å². The third-order valence-electron chi connectivity index (χ3n) is 2.55. The van der Waals surface area contributed by atoms with Gasteiger partial charge in [0, 0.05) is 22.3 Å². The zero-order valence-corrected chi connectivity index (χ0v) is 11.5. The van der Waals surface area contributed by atoms with E-state index in [0.29, 0.717) is 6.54 Å². The summed E-state index contributed by atoms with van der Waals surface area (Å²) in [5, 5.41) is 3.16. The van der Waals surface area contributed by atoms with Crippen molar-refractivity contribution in [3.63, 3.8) is 0 Å². The highest BCUT2D eigenvalue weighted by Gasteiger charge is 2.03. The fraction of sp³-hybridized carbons (Fsp3) is 0.143. The van der Waals surface area contributed by atoms with Crippen LogP contribution in [0.3, 0.4) is 0 Å². The van der Waals surface area contributed by atoms with E-state index in [1.165, 1.54) is 12.1 Å². The van der Waals surface area contributed by atoms with Crippen molar-refractivity contribution >= 4 is 21.6 Å². The van der Waals surface area contributed by atoms with Crippen LogP contribution in [0.5, 0.6) is 5.75 Å². The molecule has 0 aromatic heterocycles. The Morgan fingerprint density at radius 3 is 2.78 bits per heavy atom. The van der Waals surface area contributed by atoms with Crippen molar-refractivity contribution in [1.29, 1.82) is 0 Å². The zero-order valence-electron chi connectivity index (χ0n) is 9.91. The molecule has 2 aromatic carbocycles. The molecule has 94 valence electrons. The number of ether oxygens (including phenoxy) is 1. The molecule has 18 heavy (non-hydrogen) atoms. The van der Waals surface area contributed by atoms with E-state index < -0.39 is 0 Å². The van der Waals surface area contributed by atoms with E-state index in [9.17, 15) is 4.39 Å². The second-order valence-corrected chi connectivity index (χ2v) is 4.74. The summed E-state index contributed by atoms with van der Waals surface area (Å²) in [5.41, 5.74) is 1.76. The van der Waals surface area contributed by atoms with E-state index >= 15 is 0 Å². The largest absolute Gasteiger partial charge is 0.496 e. The third kappa shape index (κ3) is 3.23. The molecule has 0 bridgehead atoms. The molecule has 0 atom stereocenters. The Morgan fingerprint density at radius 1 is 1.22 bits per heavy atom. The zero-order chi connectivity index (χ0) is 13.0. The number of halogens is 2. The molecule has 0 aliphatic heterocycles. The van der Waals surface area contributed by atoms with Gasteiger partial charge >= 0.3 is 0 Å². The van der Waals surface area contributed by atoms with Crippen LogP contribution >= 0.6 is 15.9 Å². The Bertz CT molecular complexity index is 545. The van der Waals surface area contributed by atoms with Gasteiger partial charge < -0.3 is 10.1 Å². The molecule has 1 N–H and O–H groups in total.